The van der Waals surface area contributed by atoms with Gasteiger partial charge in [-0.1, -0.05) is 115 Å². The molecule has 0 bridgehead atoms. The Labute approximate surface area is 309 Å². The average molecular weight is 731 g/mol. The number of benzene rings is 6. The first-order valence-corrected chi connectivity index (χ1v) is 16.4. The largest absolute Gasteiger partial charge is 0.508 e. The number of fused-ring (bicyclic) bond motifs is 1. The van der Waals surface area contributed by atoms with Gasteiger partial charge in [0, 0.05) is 12.1 Å². The van der Waals surface area contributed by atoms with Crippen LogP contribution in [0, 0.1) is 20.2 Å². The monoisotopic (exact) mass is 730 g/mol. The van der Waals surface area contributed by atoms with E-state index in [-0.39, 0.29) is 23.5 Å². The lowest BCUT2D eigenvalue weighted by Crippen LogP contribution is -2.14. The molecule has 6 aromatic carbocycles. The van der Waals surface area contributed by atoms with Crippen LogP contribution in [0.1, 0.15) is 40.0 Å². The molecule has 54 heavy (non-hydrogen) atoms. The molecule has 0 saturated heterocycles. The Morgan fingerprint density at radius 2 is 1.13 bits per heavy atom. The van der Waals surface area contributed by atoms with Gasteiger partial charge in [-0.3, -0.25) is 20.2 Å². The number of rotatable bonds is 10. The van der Waals surface area contributed by atoms with Crippen molar-refractivity contribution in [2.45, 2.75) is 18.8 Å². The second-order valence-electron chi connectivity index (χ2n) is 11.6. The van der Waals surface area contributed by atoms with Crippen molar-refractivity contribution in [1.82, 2.24) is 0 Å². The van der Waals surface area contributed by atoms with E-state index in [1.54, 1.807) is 109 Å². The molecule has 0 fully saturated rings. The number of aliphatic hydroxyl groups excluding tert-OH is 1. The molecule has 0 amide bonds. The van der Waals surface area contributed by atoms with Gasteiger partial charge in [-0.2, -0.15) is 0 Å². The van der Waals surface area contributed by atoms with Crippen molar-refractivity contribution in [3.63, 3.8) is 0 Å². The van der Waals surface area contributed by atoms with E-state index < -0.39 is 34.4 Å². The number of hydrogen-bond donors (Lipinski definition) is 1. The second kappa shape index (κ2) is 17.9. The molecule has 6 aromatic rings. The van der Waals surface area contributed by atoms with Crippen molar-refractivity contribution in [2.75, 3.05) is 14.2 Å². The van der Waals surface area contributed by atoms with Gasteiger partial charge in [-0.15, -0.1) is 0 Å². The fourth-order valence-electron chi connectivity index (χ4n) is 5.77. The van der Waals surface area contributed by atoms with Crippen molar-refractivity contribution in [3.8, 4) is 11.1 Å². The van der Waals surface area contributed by atoms with Crippen LogP contribution < -0.4 is 0 Å². The number of methoxy groups -OCH3 is 2. The van der Waals surface area contributed by atoms with Crippen LogP contribution in [-0.4, -0.2) is 41.5 Å². The molecule has 274 valence electrons. The third-order valence-corrected chi connectivity index (χ3v) is 8.35. The number of ether oxygens (including phenoxy) is 4. The van der Waals surface area contributed by atoms with Crippen molar-refractivity contribution < 1.29 is 43.5 Å². The number of carbonyl (C=O) groups excluding carboxylic acids is 2. The van der Waals surface area contributed by atoms with Crippen LogP contribution >= 0.6 is 0 Å². The molecular formula is C41H34N2O11. The zero-order chi connectivity index (χ0) is 38.6. The first-order chi connectivity index (χ1) is 26.1. The Kier molecular flexibility index (Phi) is 12.6. The highest BCUT2D eigenvalue weighted by Crippen LogP contribution is 2.39. The SMILES string of the molecule is COC(=O)OC(c1ccccc1)c1c([N+](=O)[O-])ccc2ccccc12.COC(=O)OC(c1ccccc1)c1ccc(-c2ccc(CO)cc2)cc1[N+](=O)[O-]. The number of nitrogens with zero attached hydrogens (tertiary/aromatic N) is 2. The molecule has 0 aliphatic carbocycles. The van der Waals surface area contributed by atoms with E-state index in [2.05, 4.69) is 9.47 Å². The van der Waals surface area contributed by atoms with Crippen LogP contribution in [0.3, 0.4) is 0 Å². The summed E-state index contributed by atoms with van der Waals surface area (Å²) in [6.07, 6.45) is -3.79. The Bertz CT molecular complexity index is 2250. The summed E-state index contributed by atoms with van der Waals surface area (Å²) in [7, 11) is 2.37. The quantitative estimate of drug-likeness (QED) is 0.0807. The summed E-state index contributed by atoms with van der Waals surface area (Å²) in [5.41, 5.74) is 3.62. The summed E-state index contributed by atoms with van der Waals surface area (Å²) in [5.74, 6) is 0. The first-order valence-electron chi connectivity index (χ1n) is 16.4. The molecular weight excluding hydrogens is 696 g/mol. The van der Waals surface area contributed by atoms with E-state index in [0.29, 0.717) is 27.6 Å². The van der Waals surface area contributed by atoms with Crippen LogP contribution in [0.15, 0.2) is 140 Å². The fraction of sp³-hybridized carbons (Fsp3) is 0.122. The molecule has 13 heteroatoms. The van der Waals surface area contributed by atoms with Crippen molar-refractivity contribution >= 4 is 34.5 Å². The van der Waals surface area contributed by atoms with Gasteiger partial charge in [-0.25, -0.2) is 9.59 Å². The number of carbonyl (C=O) groups is 2. The third-order valence-electron chi connectivity index (χ3n) is 8.35. The van der Waals surface area contributed by atoms with Crippen LogP contribution in [0.4, 0.5) is 21.0 Å². The highest BCUT2D eigenvalue weighted by Gasteiger charge is 2.30. The minimum Gasteiger partial charge on any atom is -0.438 e. The van der Waals surface area contributed by atoms with Gasteiger partial charge >= 0.3 is 12.3 Å². The second-order valence-corrected chi connectivity index (χ2v) is 11.6. The molecule has 0 radical (unpaired) electrons. The molecule has 0 saturated carbocycles. The van der Waals surface area contributed by atoms with E-state index in [4.69, 9.17) is 9.47 Å². The van der Waals surface area contributed by atoms with Crippen molar-refractivity contribution in [1.29, 1.82) is 0 Å². The van der Waals surface area contributed by atoms with E-state index >= 15 is 0 Å². The van der Waals surface area contributed by atoms with Gasteiger partial charge in [0.1, 0.15) is 0 Å². The Morgan fingerprint density at radius 3 is 1.69 bits per heavy atom. The molecule has 0 aliphatic rings. The van der Waals surface area contributed by atoms with Crippen LogP contribution in [0.25, 0.3) is 21.9 Å². The zero-order valence-corrected chi connectivity index (χ0v) is 29.1. The maximum absolute atomic E-state index is 11.8. The molecule has 1 N–H and O–H groups in total. The molecule has 2 atom stereocenters. The van der Waals surface area contributed by atoms with E-state index in [0.717, 1.165) is 16.5 Å². The molecule has 0 spiro atoms. The lowest BCUT2D eigenvalue weighted by Gasteiger charge is -2.19. The predicted octanol–water partition coefficient (Wildman–Crippen LogP) is 9.25. The third kappa shape index (κ3) is 9.02. The summed E-state index contributed by atoms with van der Waals surface area (Å²) < 4.78 is 19.9. The molecule has 13 nitrogen and oxygen atoms in total. The number of aliphatic hydroxyl groups is 1. The Morgan fingerprint density at radius 1 is 0.611 bits per heavy atom. The molecule has 0 aromatic heterocycles. The lowest BCUT2D eigenvalue weighted by atomic mass is 9.94. The standard InChI is InChI=1S/C22H19NO6.C19H15NO5/c1-28-22(25)29-21(17-5-3-2-4-6-17)19-12-11-18(13-20(19)23(26)27)16-9-7-15(14-24)8-10-16;1-24-19(21)25-18(14-8-3-2-4-9-14)17-15-10-6-5-7-13(15)11-12-16(17)20(22)23/h2-13,21,24H,14H2,1H3;2-12,18H,1H3. The molecule has 0 aliphatic heterocycles. The van der Waals surface area contributed by atoms with E-state index in [9.17, 15) is 34.9 Å². The fourth-order valence-corrected chi connectivity index (χ4v) is 5.77. The summed E-state index contributed by atoms with van der Waals surface area (Å²) >= 11 is 0. The number of nitro groups is 2. The molecule has 0 heterocycles. The minimum atomic E-state index is -0.991. The van der Waals surface area contributed by atoms with E-state index in [1.165, 1.54) is 26.4 Å². The highest BCUT2D eigenvalue weighted by molar-refractivity contribution is 5.90. The smallest absolute Gasteiger partial charge is 0.438 e. The first kappa shape index (κ1) is 38.1. The summed E-state index contributed by atoms with van der Waals surface area (Å²) in [5, 5.41) is 34.0. The van der Waals surface area contributed by atoms with Gasteiger partial charge in [0.2, 0.25) is 0 Å². The zero-order valence-electron chi connectivity index (χ0n) is 29.1. The highest BCUT2D eigenvalue weighted by atomic mass is 16.7. The Hall–Kier alpha value is -7.12. The van der Waals surface area contributed by atoms with Gasteiger partial charge in [0.25, 0.3) is 11.4 Å². The van der Waals surface area contributed by atoms with Gasteiger partial charge in [0.05, 0.1) is 41.8 Å². The Balaban J connectivity index is 0.000000210. The van der Waals surface area contributed by atoms with Gasteiger partial charge in [0.15, 0.2) is 12.2 Å². The normalized spacial score (nSPS) is 11.6. The summed E-state index contributed by atoms with van der Waals surface area (Å²) in [6.45, 7) is -0.0804. The van der Waals surface area contributed by atoms with Gasteiger partial charge in [-0.05, 0) is 50.7 Å². The molecule has 6 rings (SSSR count). The number of hydrogen-bond acceptors (Lipinski definition) is 11. The van der Waals surface area contributed by atoms with Crippen LogP contribution in [0.2, 0.25) is 0 Å². The summed E-state index contributed by atoms with van der Waals surface area (Å²) in [4.78, 5) is 45.9. The number of nitro benzene ring substituents is 2. The van der Waals surface area contributed by atoms with E-state index in [1.807, 2.05) is 18.2 Å². The topological polar surface area (TPSA) is 178 Å². The average Bonchev–Trinajstić information content (AvgIpc) is 3.22. The predicted molar refractivity (Wildman–Crippen MR) is 199 cm³/mol. The molecule has 2 unspecified atom stereocenters. The van der Waals surface area contributed by atoms with Crippen LogP contribution in [0.5, 0.6) is 0 Å². The minimum absolute atomic E-state index is 0.0804. The maximum atomic E-state index is 11.8. The lowest BCUT2D eigenvalue weighted by molar-refractivity contribution is -0.386. The van der Waals surface area contributed by atoms with Crippen LogP contribution in [-0.2, 0) is 25.6 Å². The van der Waals surface area contributed by atoms with Crippen molar-refractivity contribution in [2.24, 2.45) is 0 Å². The summed E-state index contributed by atoms with van der Waals surface area (Å²) in [6, 6.07) is 39.8. The maximum Gasteiger partial charge on any atom is 0.508 e. The van der Waals surface area contributed by atoms with Gasteiger partial charge < -0.3 is 24.1 Å². The van der Waals surface area contributed by atoms with Crippen molar-refractivity contribution in [3.05, 3.63) is 188 Å².